The Hall–Kier alpha value is -5.08. The SMILES string of the molecule is c1ccc2c(c1)-c1ccccc1C21c2ccccc2-c2ccc(Nc3cccc4oc5ccccc5c34)cc21. The van der Waals surface area contributed by atoms with Gasteiger partial charge in [0.15, 0.2) is 0 Å². The molecule has 182 valence electrons. The van der Waals surface area contributed by atoms with E-state index >= 15 is 0 Å². The van der Waals surface area contributed by atoms with Crippen LogP contribution < -0.4 is 5.32 Å². The second-order valence-electron chi connectivity index (χ2n) is 10.5. The van der Waals surface area contributed by atoms with Crippen LogP contribution in [0.1, 0.15) is 22.3 Å². The molecule has 0 amide bonds. The van der Waals surface area contributed by atoms with Crippen molar-refractivity contribution in [3.05, 3.63) is 156 Å². The lowest BCUT2D eigenvalue weighted by atomic mass is 9.70. The zero-order chi connectivity index (χ0) is 25.6. The van der Waals surface area contributed by atoms with Gasteiger partial charge in [0.05, 0.1) is 16.5 Å². The van der Waals surface area contributed by atoms with Crippen LogP contribution in [0, 0.1) is 0 Å². The van der Waals surface area contributed by atoms with Crippen LogP contribution in [0.3, 0.4) is 0 Å². The van der Waals surface area contributed by atoms with E-state index in [4.69, 9.17) is 4.42 Å². The number of fused-ring (bicyclic) bond motifs is 13. The van der Waals surface area contributed by atoms with E-state index in [0.29, 0.717) is 0 Å². The average Bonchev–Trinajstić information content (AvgIpc) is 3.62. The maximum absolute atomic E-state index is 6.16. The molecule has 6 aromatic carbocycles. The van der Waals surface area contributed by atoms with Gasteiger partial charge in [0.1, 0.15) is 11.2 Å². The van der Waals surface area contributed by atoms with Crippen LogP contribution in [-0.2, 0) is 5.41 Å². The van der Waals surface area contributed by atoms with E-state index < -0.39 is 0 Å². The molecule has 0 unspecified atom stereocenters. The fourth-order valence-electron chi connectivity index (χ4n) is 7.21. The van der Waals surface area contributed by atoms with Gasteiger partial charge in [0, 0.05) is 11.1 Å². The standard InChI is InChI=1S/C37H23NO/c1-5-14-29-24(10-1)25-11-2-6-15-30(25)37(29)31-16-7-3-12-26(31)27-21-20-23(22-32(27)37)38-33-17-9-19-35-36(33)28-13-4-8-18-34(28)39-35/h1-22,38H. The monoisotopic (exact) mass is 497 g/mol. The number of benzene rings is 6. The molecule has 0 saturated heterocycles. The number of furan rings is 1. The van der Waals surface area contributed by atoms with Crippen molar-refractivity contribution in [2.45, 2.75) is 5.41 Å². The second-order valence-corrected chi connectivity index (χ2v) is 10.5. The molecule has 0 saturated carbocycles. The highest BCUT2D eigenvalue weighted by molar-refractivity contribution is 6.12. The van der Waals surface area contributed by atoms with E-state index in [1.165, 1.54) is 44.5 Å². The van der Waals surface area contributed by atoms with Crippen molar-refractivity contribution in [2.24, 2.45) is 0 Å². The molecule has 7 aromatic rings. The smallest absolute Gasteiger partial charge is 0.137 e. The maximum Gasteiger partial charge on any atom is 0.137 e. The number of anilines is 2. The molecule has 2 aliphatic carbocycles. The van der Waals surface area contributed by atoms with Gasteiger partial charge in [0.25, 0.3) is 0 Å². The largest absolute Gasteiger partial charge is 0.456 e. The van der Waals surface area contributed by atoms with Crippen LogP contribution in [0.15, 0.2) is 138 Å². The summed E-state index contributed by atoms with van der Waals surface area (Å²) in [5.74, 6) is 0. The predicted molar refractivity (Wildman–Crippen MR) is 160 cm³/mol. The highest BCUT2D eigenvalue weighted by Gasteiger charge is 2.51. The van der Waals surface area contributed by atoms with Gasteiger partial charge in [-0.25, -0.2) is 0 Å². The van der Waals surface area contributed by atoms with Crippen LogP contribution in [0.4, 0.5) is 11.4 Å². The van der Waals surface area contributed by atoms with Crippen molar-refractivity contribution in [2.75, 3.05) is 5.32 Å². The van der Waals surface area contributed by atoms with Crippen molar-refractivity contribution >= 4 is 33.3 Å². The van der Waals surface area contributed by atoms with Gasteiger partial charge in [-0.15, -0.1) is 0 Å². The number of hydrogen-bond acceptors (Lipinski definition) is 2. The molecule has 9 rings (SSSR count). The molecule has 1 spiro atoms. The van der Waals surface area contributed by atoms with E-state index in [2.05, 4.69) is 121 Å². The van der Waals surface area contributed by atoms with E-state index in [1.807, 2.05) is 18.2 Å². The first-order valence-electron chi connectivity index (χ1n) is 13.4. The van der Waals surface area contributed by atoms with Gasteiger partial charge in [-0.1, -0.05) is 103 Å². The van der Waals surface area contributed by atoms with Crippen molar-refractivity contribution in [1.29, 1.82) is 0 Å². The third-order valence-electron chi connectivity index (χ3n) is 8.68. The Morgan fingerprint density at radius 3 is 1.72 bits per heavy atom. The zero-order valence-corrected chi connectivity index (χ0v) is 21.1. The lowest BCUT2D eigenvalue weighted by molar-refractivity contribution is 0.669. The van der Waals surface area contributed by atoms with Gasteiger partial charge in [-0.2, -0.15) is 0 Å². The molecule has 0 radical (unpaired) electrons. The molecule has 39 heavy (non-hydrogen) atoms. The molecular weight excluding hydrogens is 474 g/mol. The van der Waals surface area contributed by atoms with Gasteiger partial charge >= 0.3 is 0 Å². The lowest BCUT2D eigenvalue weighted by Gasteiger charge is -2.30. The van der Waals surface area contributed by atoms with Gasteiger partial charge < -0.3 is 9.73 Å². The van der Waals surface area contributed by atoms with E-state index in [9.17, 15) is 0 Å². The highest BCUT2D eigenvalue weighted by Crippen LogP contribution is 2.62. The number of rotatable bonds is 2. The second kappa shape index (κ2) is 7.49. The van der Waals surface area contributed by atoms with Crippen molar-refractivity contribution < 1.29 is 4.42 Å². The van der Waals surface area contributed by atoms with Crippen LogP contribution in [0.5, 0.6) is 0 Å². The summed E-state index contributed by atoms with van der Waals surface area (Å²) in [5, 5.41) is 6.01. The summed E-state index contributed by atoms with van der Waals surface area (Å²) in [6.07, 6.45) is 0. The molecule has 0 fully saturated rings. The molecule has 1 aromatic heterocycles. The van der Waals surface area contributed by atoms with Gasteiger partial charge in [-0.05, 0) is 74.8 Å². The quantitative estimate of drug-likeness (QED) is 0.257. The van der Waals surface area contributed by atoms with Crippen molar-refractivity contribution in [3.8, 4) is 22.3 Å². The first-order valence-corrected chi connectivity index (χ1v) is 13.4. The first-order chi connectivity index (χ1) is 19.3. The number of nitrogens with one attached hydrogen (secondary N) is 1. The third kappa shape index (κ3) is 2.60. The Labute approximate surface area is 226 Å². The molecule has 0 aliphatic heterocycles. The summed E-state index contributed by atoms with van der Waals surface area (Å²) in [4.78, 5) is 0. The Balaban J connectivity index is 1.30. The third-order valence-corrected chi connectivity index (χ3v) is 8.68. The maximum atomic E-state index is 6.16. The zero-order valence-electron chi connectivity index (χ0n) is 21.1. The molecule has 1 N–H and O–H groups in total. The normalized spacial score (nSPS) is 13.8. The lowest BCUT2D eigenvalue weighted by Crippen LogP contribution is -2.25. The molecule has 2 heteroatoms. The fraction of sp³-hybridized carbons (Fsp3) is 0.0270. The van der Waals surface area contributed by atoms with Crippen molar-refractivity contribution in [1.82, 2.24) is 0 Å². The van der Waals surface area contributed by atoms with Crippen LogP contribution in [-0.4, -0.2) is 0 Å². The Morgan fingerprint density at radius 2 is 1.03 bits per heavy atom. The summed E-state index contributed by atoms with van der Waals surface area (Å²) in [6, 6.07) is 48.2. The van der Waals surface area contributed by atoms with Gasteiger partial charge in [0.2, 0.25) is 0 Å². The Kier molecular flexibility index (Phi) is 4.02. The Bertz CT molecular complexity index is 2050. The molecule has 2 nitrogen and oxygen atoms in total. The average molecular weight is 498 g/mol. The van der Waals surface area contributed by atoms with Crippen molar-refractivity contribution in [3.63, 3.8) is 0 Å². The summed E-state index contributed by atoms with van der Waals surface area (Å²) in [7, 11) is 0. The fourth-order valence-corrected chi connectivity index (χ4v) is 7.21. The van der Waals surface area contributed by atoms with E-state index in [1.54, 1.807) is 0 Å². The van der Waals surface area contributed by atoms with Crippen LogP contribution in [0.2, 0.25) is 0 Å². The van der Waals surface area contributed by atoms with Gasteiger partial charge in [-0.3, -0.25) is 0 Å². The van der Waals surface area contributed by atoms with Crippen LogP contribution in [0.25, 0.3) is 44.2 Å². The topological polar surface area (TPSA) is 25.2 Å². The minimum Gasteiger partial charge on any atom is -0.456 e. The Morgan fingerprint density at radius 1 is 0.462 bits per heavy atom. The van der Waals surface area contributed by atoms with E-state index in [0.717, 1.165) is 33.3 Å². The summed E-state index contributed by atoms with van der Waals surface area (Å²) < 4.78 is 6.16. The molecule has 2 aliphatic rings. The molecular formula is C37H23NO. The first kappa shape index (κ1) is 20.9. The molecule has 1 heterocycles. The molecule has 0 bridgehead atoms. The number of para-hydroxylation sites is 1. The van der Waals surface area contributed by atoms with E-state index in [-0.39, 0.29) is 5.41 Å². The predicted octanol–water partition coefficient (Wildman–Crippen LogP) is 9.67. The van der Waals surface area contributed by atoms with Crippen LogP contribution >= 0.6 is 0 Å². The highest BCUT2D eigenvalue weighted by atomic mass is 16.3. The molecule has 0 atom stereocenters. The minimum atomic E-state index is -0.342. The summed E-state index contributed by atoms with van der Waals surface area (Å²) in [5.41, 5.74) is 14.2. The number of hydrogen-bond donors (Lipinski definition) is 1. The minimum absolute atomic E-state index is 0.342. The summed E-state index contributed by atoms with van der Waals surface area (Å²) in [6.45, 7) is 0. The summed E-state index contributed by atoms with van der Waals surface area (Å²) >= 11 is 0.